The van der Waals surface area contributed by atoms with Gasteiger partial charge in [-0.15, -0.1) is 0 Å². The maximum absolute atomic E-state index is 12.4. The Bertz CT molecular complexity index is 406. The van der Waals surface area contributed by atoms with E-state index in [2.05, 4.69) is 20.8 Å². The van der Waals surface area contributed by atoms with Crippen LogP contribution in [0.2, 0.25) is 0 Å². The standard InChI is InChI=1S/C20H37O2P/c1-4-7-14-23(15-8-5-2,16-9-6-3)20-18-13-11-10-12-17(18)19(21)22-20/h20,23H,4-16H2,1-3H3. The van der Waals surface area contributed by atoms with Gasteiger partial charge in [0.2, 0.25) is 0 Å². The van der Waals surface area contributed by atoms with E-state index < -0.39 is 7.26 Å². The van der Waals surface area contributed by atoms with E-state index in [1.54, 1.807) is 0 Å². The van der Waals surface area contributed by atoms with E-state index in [9.17, 15) is 4.79 Å². The Morgan fingerprint density at radius 3 is 1.96 bits per heavy atom. The molecule has 2 aliphatic rings. The average Bonchev–Trinajstić information content (AvgIpc) is 2.93. The molecule has 2 rings (SSSR count). The van der Waals surface area contributed by atoms with Crippen LogP contribution in [-0.4, -0.2) is 30.3 Å². The number of carbonyl (C=O) groups is 1. The first kappa shape index (κ1) is 19.0. The summed E-state index contributed by atoms with van der Waals surface area (Å²) in [6.07, 6.45) is 16.4. The number of hydrogen-bond donors (Lipinski definition) is 0. The molecule has 1 aliphatic heterocycles. The van der Waals surface area contributed by atoms with E-state index in [0.717, 1.165) is 18.4 Å². The summed E-state index contributed by atoms with van der Waals surface area (Å²) in [5.74, 6) is 0.279. The van der Waals surface area contributed by atoms with Crippen molar-refractivity contribution in [3.05, 3.63) is 11.1 Å². The summed E-state index contributed by atoms with van der Waals surface area (Å²) in [7, 11) is -1.58. The molecule has 1 aliphatic carbocycles. The Labute approximate surface area is 143 Å². The molecule has 0 N–H and O–H groups in total. The third-order valence-electron chi connectivity index (χ3n) is 5.94. The molecule has 0 spiro atoms. The van der Waals surface area contributed by atoms with Crippen molar-refractivity contribution < 1.29 is 9.53 Å². The minimum atomic E-state index is -1.58. The summed E-state index contributed by atoms with van der Waals surface area (Å²) in [5.41, 5.74) is 2.54. The molecule has 3 heteroatoms. The summed E-state index contributed by atoms with van der Waals surface area (Å²) in [4.78, 5) is 12.4. The summed E-state index contributed by atoms with van der Waals surface area (Å²) in [6.45, 7) is 6.89. The van der Waals surface area contributed by atoms with Crippen molar-refractivity contribution in [3.8, 4) is 0 Å². The molecule has 0 radical (unpaired) electrons. The molecule has 1 heterocycles. The number of rotatable bonds is 10. The van der Waals surface area contributed by atoms with Crippen molar-refractivity contribution in [2.24, 2.45) is 0 Å². The van der Waals surface area contributed by atoms with Gasteiger partial charge in [-0.1, -0.05) is 0 Å². The van der Waals surface area contributed by atoms with Gasteiger partial charge >= 0.3 is 143 Å². The molecule has 0 aromatic rings. The van der Waals surface area contributed by atoms with Crippen LogP contribution in [0.5, 0.6) is 0 Å². The zero-order valence-corrected chi connectivity index (χ0v) is 16.6. The Hall–Kier alpha value is -0.360. The van der Waals surface area contributed by atoms with Gasteiger partial charge in [-0.05, 0) is 0 Å². The Morgan fingerprint density at radius 1 is 0.913 bits per heavy atom. The summed E-state index contributed by atoms with van der Waals surface area (Å²) in [6, 6.07) is 0. The van der Waals surface area contributed by atoms with Crippen LogP contribution in [0.4, 0.5) is 0 Å². The fourth-order valence-electron chi connectivity index (χ4n) is 4.55. The minimum absolute atomic E-state index is 0.0473. The van der Waals surface area contributed by atoms with E-state index >= 15 is 0 Å². The third kappa shape index (κ3) is 4.38. The van der Waals surface area contributed by atoms with Gasteiger partial charge in [0.15, 0.2) is 0 Å². The van der Waals surface area contributed by atoms with Gasteiger partial charge in [-0.25, -0.2) is 0 Å². The van der Waals surface area contributed by atoms with Crippen LogP contribution in [-0.2, 0) is 9.53 Å². The fourth-order valence-corrected chi connectivity index (χ4v) is 10.7. The number of cyclic esters (lactones) is 1. The van der Waals surface area contributed by atoms with Crippen LogP contribution < -0.4 is 0 Å². The van der Waals surface area contributed by atoms with Gasteiger partial charge < -0.3 is 0 Å². The average molecular weight is 340 g/mol. The van der Waals surface area contributed by atoms with Crippen molar-refractivity contribution in [2.45, 2.75) is 90.8 Å². The number of hydrogen-bond acceptors (Lipinski definition) is 2. The van der Waals surface area contributed by atoms with Gasteiger partial charge in [-0.3, -0.25) is 0 Å². The van der Waals surface area contributed by atoms with E-state index in [-0.39, 0.29) is 11.8 Å². The Balaban J connectivity index is 2.29. The second kappa shape index (κ2) is 9.21. The van der Waals surface area contributed by atoms with E-state index in [1.807, 2.05) is 0 Å². The molecule has 0 aromatic carbocycles. The predicted octanol–water partition coefficient (Wildman–Crippen LogP) is 5.89. The third-order valence-corrected chi connectivity index (χ3v) is 11.6. The van der Waals surface area contributed by atoms with Crippen LogP contribution >= 0.6 is 7.26 Å². The summed E-state index contributed by atoms with van der Waals surface area (Å²) in [5, 5.41) is 0. The molecule has 2 nitrogen and oxygen atoms in total. The van der Waals surface area contributed by atoms with Crippen LogP contribution in [0.1, 0.15) is 85.0 Å². The molecular formula is C20H37O2P. The molecular weight excluding hydrogens is 303 g/mol. The molecule has 0 saturated heterocycles. The van der Waals surface area contributed by atoms with Crippen molar-refractivity contribution in [3.63, 3.8) is 0 Å². The van der Waals surface area contributed by atoms with Crippen LogP contribution in [0, 0.1) is 0 Å². The second-order valence-electron chi connectivity index (χ2n) is 7.67. The number of ether oxygens (including phenoxy) is 1. The first-order valence-electron chi connectivity index (χ1n) is 10.1. The Kier molecular flexibility index (Phi) is 7.60. The maximum atomic E-state index is 12.4. The number of carbonyl (C=O) groups excluding carboxylic acids is 1. The molecule has 23 heavy (non-hydrogen) atoms. The quantitative estimate of drug-likeness (QED) is 0.366. The molecule has 0 saturated carbocycles. The van der Waals surface area contributed by atoms with E-state index in [1.165, 1.54) is 75.4 Å². The molecule has 1 unspecified atom stereocenters. The molecule has 0 fully saturated rings. The topological polar surface area (TPSA) is 26.3 Å². The zero-order chi connectivity index (χ0) is 16.7. The Morgan fingerprint density at radius 2 is 1.43 bits per heavy atom. The zero-order valence-electron chi connectivity index (χ0n) is 15.6. The van der Waals surface area contributed by atoms with Crippen molar-refractivity contribution in [1.82, 2.24) is 0 Å². The second-order valence-corrected chi connectivity index (χ2v) is 12.4. The SMILES string of the molecule is CCCC[PH](CCCC)(CCCC)C1OC(=O)C2=C1CCCC2. The number of esters is 1. The van der Waals surface area contributed by atoms with E-state index in [4.69, 9.17) is 4.74 Å². The predicted molar refractivity (Wildman–Crippen MR) is 103 cm³/mol. The van der Waals surface area contributed by atoms with Gasteiger partial charge in [0.05, 0.1) is 0 Å². The van der Waals surface area contributed by atoms with Gasteiger partial charge in [0, 0.05) is 0 Å². The van der Waals surface area contributed by atoms with Crippen LogP contribution in [0.25, 0.3) is 0 Å². The summed E-state index contributed by atoms with van der Waals surface area (Å²) < 4.78 is 6.11. The van der Waals surface area contributed by atoms with Gasteiger partial charge in [0.25, 0.3) is 0 Å². The first-order chi connectivity index (χ1) is 11.2. The molecule has 0 amide bonds. The molecule has 0 aromatic heterocycles. The van der Waals surface area contributed by atoms with Gasteiger partial charge in [0.1, 0.15) is 0 Å². The number of unbranched alkanes of at least 4 members (excludes halogenated alkanes) is 3. The molecule has 134 valence electrons. The fraction of sp³-hybridized carbons (Fsp3) is 0.850. The normalized spacial score (nSPS) is 22.2. The van der Waals surface area contributed by atoms with Crippen molar-refractivity contribution in [2.75, 3.05) is 18.5 Å². The van der Waals surface area contributed by atoms with Crippen LogP contribution in [0.15, 0.2) is 11.1 Å². The summed E-state index contributed by atoms with van der Waals surface area (Å²) >= 11 is 0. The van der Waals surface area contributed by atoms with Gasteiger partial charge in [-0.2, -0.15) is 0 Å². The molecule has 1 atom stereocenters. The van der Waals surface area contributed by atoms with Crippen molar-refractivity contribution >= 4 is 13.2 Å². The van der Waals surface area contributed by atoms with Crippen molar-refractivity contribution in [1.29, 1.82) is 0 Å². The first-order valence-corrected chi connectivity index (χ1v) is 12.8. The van der Waals surface area contributed by atoms with E-state index in [0.29, 0.717) is 0 Å². The molecule has 0 bridgehead atoms. The van der Waals surface area contributed by atoms with Crippen LogP contribution in [0.3, 0.4) is 0 Å². The monoisotopic (exact) mass is 340 g/mol.